The van der Waals surface area contributed by atoms with Gasteiger partial charge in [-0.15, -0.1) is 0 Å². The molecule has 0 saturated carbocycles. The maximum absolute atomic E-state index is 10.4. The van der Waals surface area contributed by atoms with Crippen molar-refractivity contribution in [2.45, 2.75) is 25.6 Å². The third kappa shape index (κ3) is 4.06. The molecule has 0 aliphatic heterocycles. The molecule has 2 atom stereocenters. The number of rotatable bonds is 6. The third-order valence-electron chi connectivity index (χ3n) is 4.10. The summed E-state index contributed by atoms with van der Waals surface area (Å²) in [7, 11) is 0. The lowest BCUT2D eigenvalue weighted by Gasteiger charge is -2.17. The molecule has 0 fully saturated rings. The van der Waals surface area contributed by atoms with E-state index in [4.69, 9.17) is 16.0 Å². The van der Waals surface area contributed by atoms with Gasteiger partial charge in [-0.3, -0.25) is 0 Å². The first-order valence-electron chi connectivity index (χ1n) is 8.04. The average molecular weight is 343 g/mol. The van der Waals surface area contributed by atoms with Crippen molar-refractivity contribution in [2.24, 2.45) is 0 Å². The quantitative estimate of drug-likeness (QED) is 0.716. The smallest absolute Gasteiger partial charge is 0.158 e. The van der Waals surface area contributed by atoms with Crippen molar-refractivity contribution in [3.05, 3.63) is 83.1 Å². The van der Waals surface area contributed by atoms with Gasteiger partial charge in [-0.05, 0) is 36.8 Å². The number of furan rings is 1. The maximum atomic E-state index is 10.4. The number of nitrogens with two attached hydrogens (primary N) is 1. The van der Waals surface area contributed by atoms with Gasteiger partial charge < -0.3 is 14.8 Å². The second kappa shape index (κ2) is 7.67. The van der Waals surface area contributed by atoms with Crippen molar-refractivity contribution in [1.82, 2.24) is 0 Å². The minimum Gasteiger partial charge on any atom is -0.455 e. The van der Waals surface area contributed by atoms with Crippen LogP contribution in [0.3, 0.4) is 0 Å². The van der Waals surface area contributed by atoms with Crippen LogP contribution in [0, 0.1) is 0 Å². The summed E-state index contributed by atoms with van der Waals surface area (Å²) in [6, 6.07) is 21.3. The number of quaternary nitrogens is 1. The van der Waals surface area contributed by atoms with Gasteiger partial charge in [-0.2, -0.15) is 0 Å². The Balaban J connectivity index is 1.61. The lowest BCUT2D eigenvalue weighted by atomic mass is 10.0. The first-order chi connectivity index (χ1) is 11.6. The van der Waals surface area contributed by atoms with Crippen LogP contribution in [0.1, 0.15) is 24.4 Å². The molecule has 1 aromatic heterocycles. The molecule has 0 unspecified atom stereocenters. The van der Waals surface area contributed by atoms with Gasteiger partial charge in [0.1, 0.15) is 24.5 Å². The highest BCUT2D eigenvalue weighted by atomic mass is 35.5. The van der Waals surface area contributed by atoms with Gasteiger partial charge in [0, 0.05) is 10.6 Å². The summed E-state index contributed by atoms with van der Waals surface area (Å²) in [6.45, 7) is 2.68. The maximum Gasteiger partial charge on any atom is 0.158 e. The highest BCUT2D eigenvalue weighted by molar-refractivity contribution is 6.30. The summed E-state index contributed by atoms with van der Waals surface area (Å²) in [5, 5.41) is 13.2. The van der Waals surface area contributed by atoms with E-state index in [1.807, 2.05) is 73.7 Å². The zero-order chi connectivity index (χ0) is 16.9. The molecule has 0 aliphatic carbocycles. The Kier molecular flexibility index (Phi) is 5.36. The second-order valence-electron chi connectivity index (χ2n) is 5.93. The molecule has 3 nitrogen and oxygen atoms in total. The van der Waals surface area contributed by atoms with E-state index in [9.17, 15) is 5.11 Å². The second-order valence-corrected chi connectivity index (χ2v) is 6.37. The fourth-order valence-electron chi connectivity index (χ4n) is 2.67. The number of aliphatic hydroxyl groups excluding tert-OH is 1. The first kappa shape index (κ1) is 16.8. The Morgan fingerprint density at radius 2 is 1.83 bits per heavy atom. The van der Waals surface area contributed by atoms with E-state index in [1.54, 1.807) is 0 Å². The van der Waals surface area contributed by atoms with Gasteiger partial charge >= 0.3 is 0 Å². The molecule has 0 amide bonds. The zero-order valence-electron chi connectivity index (χ0n) is 13.5. The predicted molar refractivity (Wildman–Crippen MR) is 95.6 cm³/mol. The van der Waals surface area contributed by atoms with E-state index in [1.165, 1.54) is 0 Å². The molecule has 24 heavy (non-hydrogen) atoms. The monoisotopic (exact) mass is 342 g/mol. The molecule has 0 saturated heterocycles. The van der Waals surface area contributed by atoms with Crippen molar-refractivity contribution in [1.29, 1.82) is 0 Å². The van der Waals surface area contributed by atoms with Crippen LogP contribution in [0.25, 0.3) is 11.3 Å². The van der Waals surface area contributed by atoms with Crippen LogP contribution in [-0.4, -0.2) is 11.1 Å². The van der Waals surface area contributed by atoms with Gasteiger partial charge in [0.15, 0.2) is 5.76 Å². The van der Waals surface area contributed by atoms with E-state index in [0.29, 0.717) is 11.6 Å². The number of halogens is 1. The Bertz CT molecular complexity index is 785. The van der Waals surface area contributed by atoms with Gasteiger partial charge in [0.05, 0.1) is 0 Å². The molecule has 1 heterocycles. The minimum absolute atomic E-state index is 0.0344. The van der Waals surface area contributed by atoms with Gasteiger partial charge in [-0.1, -0.05) is 54.1 Å². The van der Waals surface area contributed by atoms with Crippen molar-refractivity contribution < 1.29 is 14.8 Å². The molecule has 124 valence electrons. The first-order valence-corrected chi connectivity index (χ1v) is 8.42. The molecule has 3 rings (SSSR count). The summed E-state index contributed by atoms with van der Waals surface area (Å²) >= 11 is 6.02. The van der Waals surface area contributed by atoms with E-state index in [-0.39, 0.29) is 6.04 Å². The van der Waals surface area contributed by atoms with E-state index in [0.717, 1.165) is 22.6 Å². The minimum atomic E-state index is -0.506. The summed E-state index contributed by atoms with van der Waals surface area (Å²) in [5.41, 5.74) is 1.89. The lowest BCUT2D eigenvalue weighted by Crippen LogP contribution is -2.88. The van der Waals surface area contributed by atoms with Gasteiger partial charge in [-0.25, -0.2) is 0 Å². The molecule has 4 heteroatoms. The number of hydrogen-bond donors (Lipinski definition) is 2. The van der Waals surface area contributed by atoms with Gasteiger partial charge in [0.25, 0.3) is 0 Å². The SMILES string of the molecule is C[C@H]([NH2+]Cc1ccc(-c2cccc(Cl)c2)o1)[C@@H](O)c1ccccc1. The largest absolute Gasteiger partial charge is 0.455 e. The summed E-state index contributed by atoms with van der Waals surface area (Å²) in [6.07, 6.45) is -0.506. The Morgan fingerprint density at radius 1 is 1.04 bits per heavy atom. The van der Waals surface area contributed by atoms with Crippen molar-refractivity contribution >= 4 is 11.6 Å². The Labute approximate surface area is 146 Å². The van der Waals surface area contributed by atoms with Crippen LogP contribution in [0.4, 0.5) is 0 Å². The van der Waals surface area contributed by atoms with E-state index < -0.39 is 6.10 Å². The van der Waals surface area contributed by atoms with Crippen LogP contribution >= 0.6 is 11.6 Å². The molecular weight excluding hydrogens is 322 g/mol. The molecule has 2 aromatic carbocycles. The van der Waals surface area contributed by atoms with Crippen LogP contribution < -0.4 is 5.32 Å². The molecule has 0 radical (unpaired) electrons. The lowest BCUT2D eigenvalue weighted by molar-refractivity contribution is -0.710. The number of benzene rings is 2. The predicted octanol–water partition coefficient (Wildman–Crippen LogP) is 3.79. The molecule has 0 bridgehead atoms. The van der Waals surface area contributed by atoms with Gasteiger partial charge in [0.2, 0.25) is 0 Å². The Hall–Kier alpha value is -2.07. The third-order valence-corrected chi connectivity index (χ3v) is 4.34. The number of hydrogen-bond acceptors (Lipinski definition) is 2. The standard InChI is InChI=1S/C20H20ClNO2/c1-14(20(23)15-6-3-2-4-7-15)22-13-18-10-11-19(24-18)16-8-5-9-17(21)12-16/h2-12,14,20,22-23H,13H2,1H3/p+1/t14-,20+/m0/s1. The van der Waals surface area contributed by atoms with Crippen LogP contribution in [-0.2, 0) is 6.54 Å². The molecule has 3 aromatic rings. The fraction of sp³-hybridized carbons (Fsp3) is 0.200. The summed E-state index contributed by atoms with van der Waals surface area (Å²) < 4.78 is 5.89. The van der Waals surface area contributed by atoms with Crippen molar-refractivity contribution in [3.8, 4) is 11.3 Å². The average Bonchev–Trinajstić information content (AvgIpc) is 3.09. The van der Waals surface area contributed by atoms with Crippen molar-refractivity contribution in [2.75, 3.05) is 0 Å². The zero-order valence-corrected chi connectivity index (χ0v) is 14.3. The van der Waals surface area contributed by atoms with E-state index in [2.05, 4.69) is 5.32 Å². The normalized spacial score (nSPS) is 13.6. The van der Waals surface area contributed by atoms with E-state index >= 15 is 0 Å². The molecule has 0 aliphatic rings. The molecular formula is C20H21ClNO2+. The summed E-state index contributed by atoms with van der Waals surface area (Å²) in [5.74, 6) is 1.68. The molecule has 3 N–H and O–H groups in total. The number of aliphatic hydroxyl groups is 1. The van der Waals surface area contributed by atoms with Crippen LogP contribution in [0.15, 0.2) is 71.1 Å². The Morgan fingerprint density at radius 3 is 2.58 bits per heavy atom. The summed E-state index contributed by atoms with van der Waals surface area (Å²) in [4.78, 5) is 0. The highest BCUT2D eigenvalue weighted by Gasteiger charge is 2.19. The topological polar surface area (TPSA) is 50.0 Å². The molecule has 0 spiro atoms. The van der Waals surface area contributed by atoms with Crippen molar-refractivity contribution in [3.63, 3.8) is 0 Å². The van der Waals surface area contributed by atoms with Crippen LogP contribution in [0.2, 0.25) is 5.02 Å². The highest BCUT2D eigenvalue weighted by Crippen LogP contribution is 2.24. The fourth-order valence-corrected chi connectivity index (χ4v) is 2.86. The van der Waals surface area contributed by atoms with Crippen LogP contribution in [0.5, 0.6) is 0 Å².